The maximum Gasteiger partial charge on any atom is 0.338 e. The van der Waals surface area contributed by atoms with Gasteiger partial charge in [-0.15, -0.1) is 10.2 Å². The topological polar surface area (TPSA) is 56.5 Å². The lowest BCUT2D eigenvalue weighted by Gasteiger charge is -2.00. The number of ether oxygens (including phenoxy) is 1. The van der Waals surface area contributed by atoms with Gasteiger partial charge in [-0.25, -0.2) is 4.79 Å². The first-order chi connectivity index (χ1) is 7.76. The second kappa shape index (κ2) is 4.30. The molecule has 5 heteroatoms. The summed E-state index contributed by atoms with van der Waals surface area (Å²) in [6.07, 6.45) is 3.69. The van der Waals surface area contributed by atoms with E-state index in [2.05, 4.69) is 21.9 Å². The summed E-state index contributed by atoms with van der Waals surface area (Å²) in [5, 5.41) is 8.09. The predicted molar refractivity (Wildman–Crippen MR) is 58.3 cm³/mol. The molecule has 0 unspecified atom stereocenters. The SMILES string of the molecule is CCCc1nnc2cc(C(=O)OC)ccn12. The van der Waals surface area contributed by atoms with Crippen LogP contribution in [-0.2, 0) is 11.2 Å². The molecule has 16 heavy (non-hydrogen) atoms. The first-order valence-electron chi connectivity index (χ1n) is 5.18. The molecule has 84 valence electrons. The molecule has 0 spiro atoms. The minimum absolute atomic E-state index is 0.359. The fraction of sp³-hybridized carbons (Fsp3) is 0.364. The zero-order chi connectivity index (χ0) is 11.5. The number of aryl methyl sites for hydroxylation is 1. The molecule has 0 aliphatic heterocycles. The molecule has 5 nitrogen and oxygen atoms in total. The summed E-state index contributed by atoms with van der Waals surface area (Å²) in [5.41, 5.74) is 1.16. The van der Waals surface area contributed by atoms with Crippen LogP contribution in [0.3, 0.4) is 0 Å². The lowest BCUT2D eigenvalue weighted by molar-refractivity contribution is 0.0600. The van der Waals surface area contributed by atoms with Gasteiger partial charge >= 0.3 is 5.97 Å². The summed E-state index contributed by atoms with van der Waals surface area (Å²) in [7, 11) is 1.36. The smallest absolute Gasteiger partial charge is 0.338 e. The molecule has 0 radical (unpaired) electrons. The average Bonchev–Trinajstić information content (AvgIpc) is 2.71. The molecule has 0 aliphatic rings. The first kappa shape index (κ1) is 10.6. The van der Waals surface area contributed by atoms with Gasteiger partial charge in [-0.1, -0.05) is 6.92 Å². The van der Waals surface area contributed by atoms with E-state index in [4.69, 9.17) is 0 Å². The number of fused-ring (bicyclic) bond motifs is 1. The highest BCUT2D eigenvalue weighted by Crippen LogP contribution is 2.09. The third-order valence-corrected chi connectivity index (χ3v) is 2.38. The molecule has 0 saturated heterocycles. The van der Waals surface area contributed by atoms with E-state index in [0.29, 0.717) is 11.2 Å². The van der Waals surface area contributed by atoms with Crippen molar-refractivity contribution in [3.63, 3.8) is 0 Å². The van der Waals surface area contributed by atoms with E-state index in [1.165, 1.54) is 7.11 Å². The van der Waals surface area contributed by atoms with Crippen LogP contribution in [0.1, 0.15) is 29.5 Å². The van der Waals surface area contributed by atoms with Crippen LogP contribution < -0.4 is 0 Å². The van der Waals surface area contributed by atoms with E-state index in [0.717, 1.165) is 18.7 Å². The number of rotatable bonds is 3. The molecular weight excluding hydrogens is 206 g/mol. The van der Waals surface area contributed by atoms with Crippen LogP contribution in [0.4, 0.5) is 0 Å². The normalized spacial score (nSPS) is 10.6. The number of methoxy groups -OCH3 is 1. The number of nitrogens with zero attached hydrogens (tertiary/aromatic N) is 3. The summed E-state index contributed by atoms with van der Waals surface area (Å²) in [6.45, 7) is 2.09. The van der Waals surface area contributed by atoms with Crippen molar-refractivity contribution in [2.45, 2.75) is 19.8 Å². The van der Waals surface area contributed by atoms with Gasteiger partial charge in [0.2, 0.25) is 0 Å². The third-order valence-electron chi connectivity index (χ3n) is 2.38. The summed E-state index contributed by atoms with van der Waals surface area (Å²) >= 11 is 0. The first-order valence-corrected chi connectivity index (χ1v) is 5.18. The number of hydrogen-bond acceptors (Lipinski definition) is 4. The minimum atomic E-state index is -0.359. The van der Waals surface area contributed by atoms with Crippen LogP contribution in [0.2, 0.25) is 0 Å². The Morgan fingerprint density at radius 2 is 2.31 bits per heavy atom. The Hall–Kier alpha value is -1.91. The fourth-order valence-corrected chi connectivity index (χ4v) is 1.58. The number of esters is 1. The Morgan fingerprint density at radius 3 is 3.00 bits per heavy atom. The Balaban J connectivity index is 2.44. The van der Waals surface area contributed by atoms with E-state index >= 15 is 0 Å². The molecule has 0 saturated carbocycles. The summed E-state index contributed by atoms with van der Waals surface area (Å²) < 4.78 is 6.53. The van der Waals surface area contributed by atoms with E-state index in [1.54, 1.807) is 18.3 Å². The maximum absolute atomic E-state index is 11.3. The van der Waals surface area contributed by atoms with Gasteiger partial charge in [0.25, 0.3) is 0 Å². The van der Waals surface area contributed by atoms with E-state index in [1.807, 2.05) is 4.40 Å². The molecule has 2 aromatic rings. The van der Waals surface area contributed by atoms with Gasteiger partial charge in [0.15, 0.2) is 5.65 Å². The molecular formula is C11H13N3O2. The van der Waals surface area contributed by atoms with Gasteiger partial charge in [0.1, 0.15) is 5.82 Å². The molecule has 0 atom stereocenters. The number of aromatic nitrogens is 3. The number of carbonyl (C=O) groups is 1. The van der Waals surface area contributed by atoms with Crippen LogP contribution in [0.5, 0.6) is 0 Å². The highest BCUT2D eigenvalue weighted by molar-refractivity contribution is 5.90. The standard InChI is InChI=1S/C11H13N3O2/c1-3-4-9-12-13-10-7-8(11(15)16-2)5-6-14(9)10/h5-7H,3-4H2,1-2H3. The highest BCUT2D eigenvalue weighted by atomic mass is 16.5. The number of pyridine rings is 1. The largest absolute Gasteiger partial charge is 0.465 e. The lowest BCUT2D eigenvalue weighted by atomic mass is 10.2. The van der Waals surface area contributed by atoms with Gasteiger partial charge in [-0.05, 0) is 18.6 Å². The quantitative estimate of drug-likeness (QED) is 0.733. The molecule has 0 aliphatic carbocycles. The van der Waals surface area contributed by atoms with Gasteiger partial charge in [0.05, 0.1) is 12.7 Å². The van der Waals surface area contributed by atoms with Crippen molar-refractivity contribution in [2.24, 2.45) is 0 Å². The molecule has 0 bridgehead atoms. The molecule has 0 N–H and O–H groups in total. The predicted octanol–water partition coefficient (Wildman–Crippen LogP) is 1.47. The van der Waals surface area contributed by atoms with Crippen molar-refractivity contribution in [2.75, 3.05) is 7.11 Å². The van der Waals surface area contributed by atoms with Crippen molar-refractivity contribution in [1.82, 2.24) is 14.6 Å². The molecule has 0 amide bonds. The Bertz CT molecular complexity index is 519. The molecule has 2 heterocycles. The van der Waals surface area contributed by atoms with Crippen molar-refractivity contribution >= 4 is 11.6 Å². The van der Waals surface area contributed by atoms with Crippen molar-refractivity contribution < 1.29 is 9.53 Å². The zero-order valence-electron chi connectivity index (χ0n) is 9.30. The summed E-state index contributed by atoms with van der Waals surface area (Å²) in [4.78, 5) is 11.3. The van der Waals surface area contributed by atoms with E-state index in [9.17, 15) is 4.79 Å². The third kappa shape index (κ3) is 1.76. The minimum Gasteiger partial charge on any atom is -0.465 e. The number of hydrogen-bond donors (Lipinski definition) is 0. The lowest BCUT2D eigenvalue weighted by Crippen LogP contribution is -2.02. The highest BCUT2D eigenvalue weighted by Gasteiger charge is 2.09. The van der Waals surface area contributed by atoms with Gasteiger partial charge in [0, 0.05) is 12.6 Å². The second-order valence-corrected chi connectivity index (χ2v) is 3.50. The molecule has 0 aromatic carbocycles. The second-order valence-electron chi connectivity index (χ2n) is 3.50. The monoisotopic (exact) mass is 219 g/mol. The number of carbonyl (C=O) groups excluding carboxylic acids is 1. The van der Waals surface area contributed by atoms with Gasteiger partial charge in [-0.3, -0.25) is 4.40 Å². The van der Waals surface area contributed by atoms with Crippen LogP contribution in [0.15, 0.2) is 18.3 Å². The van der Waals surface area contributed by atoms with Gasteiger partial charge < -0.3 is 4.74 Å². The average molecular weight is 219 g/mol. The molecule has 2 aromatic heterocycles. The maximum atomic E-state index is 11.3. The van der Waals surface area contributed by atoms with Gasteiger partial charge in [-0.2, -0.15) is 0 Å². The Kier molecular flexibility index (Phi) is 2.85. The van der Waals surface area contributed by atoms with Crippen LogP contribution >= 0.6 is 0 Å². The van der Waals surface area contributed by atoms with Crippen molar-refractivity contribution in [1.29, 1.82) is 0 Å². The fourth-order valence-electron chi connectivity index (χ4n) is 1.58. The van der Waals surface area contributed by atoms with Crippen LogP contribution in [-0.4, -0.2) is 27.7 Å². The Morgan fingerprint density at radius 1 is 1.50 bits per heavy atom. The molecule has 2 rings (SSSR count). The van der Waals surface area contributed by atoms with Crippen LogP contribution in [0.25, 0.3) is 5.65 Å². The Labute approximate surface area is 93.1 Å². The van der Waals surface area contributed by atoms with Crippen molar-refractivity contribution in [3.05, 3.63) is 29.7 Å². The van der Waals surface area contributed by atoms with Crippen molar-refractivity contribution in [3.8, 4) is 0 Å². The van der Waals surface area contributed by atoms with E-state index in [-0.39, 0.29) is 5.97 Å². The van der Waals surface area contributed by atoms with Crippen LogP contribution in [0, 0.1) is 0 Å². The molecule has 0 fully saturated rings. The summed E-state index contributed by atoms with van der Waals surface area (Å²) in [6, 6.07) is 3.39. The summed E-state index contributed by atoms with van der Waals surface area (Å²) in [5.74, 6) is 0.552. The van der Waals surface area contributed by atoms with E-state index < -0.39 is 0 Å². The zero-order valence-corrected chi connectivity index (χ0v) is 9.30.